The van der Waals surface area contributed by atoms with Crippen LogP contribution in [0.25, 0.3) is 22.0 Å². The van der Waals surface area contributed by atoms with Gasteiger partial charge < -0.3 is 30.7 Å². The Morgan fingerprint density at radius 3 is 2.18 bits per heavy atom. The molecule has 0 fully saturated rings. The van der Waals surface area contributed by atoms with E-state index < -0.39 is 31.1 Å². The standard InChI is InChI=1S/C35H30N8O10S2/c1-18-7-11-28(55(51,52)53-36-13-14-44)24(15-18)39-34-40-33(41-35(47)42-34)37-19-8-12-27(54(48,49)50)25(16-19)38-23-9-10-26-30-22(17-29(45)43(26)2)20-5-3-4-6-21(20)32(46)31(23)30/h3-12,15-17,36,38,44H,13-14H2,1-2H3,(H,48,49,50)(H3,37,39,40,41,42,47). The quantitative estimate of drug-likeness (QED) is 0.0530. The summed E-state index contributed by atoms with van der Waals surface area (Å²) in [6.45, 7) is 1.16. The molecule has 7 rings (SSSR count). The van der Waals surface area contributed by atoms with E-state index in [1.54, 1.807) is 44.3 Å². The Morgan fingerprint density at radius 2 is 1.45 bits per heavy atom. The fraction of sp³-hybridized carbons (Fsp3) is 0.114. The molecule has 0 atom stereocenters. The van der Waals surface area contributed by atoms with Gasteiger partial charge in [-0.1, -0.05) is 30.3 Å². The Morgan fingerprint density at radius 1 is 0.764 bits per heavy atom. The number of aromatic nitrogens is 4. The summed E-state index contributed by atoms with van der Waals surface area (Å²) in [5.41, 5.74) is 4.71. The molecule has 4 aromatic carbocycles. The van der Waals surface area contributed by atoms with Gasteiger partial charge in [-0.05, 0) is 66.1 Å². The second-order valence-corrected chi connectivity index (χ2v) is 15.1. The number of benzene rings is 4. The maximum absolute atomic E-state index is 14.0. The summed E-state index contributed by atoms with van der Waals surface area (Å²) in [5.74, 6) is -0.945. The number of hydroxylamine groups is 1. The maximum atomic E-state index is 14.0. The number of carbonyl (C=O) groups excluding carboxylic acids is 1. The van der Waals surface area contributed by atoms with E-state index in [2.05, 4.69) is 36.4 Å². The molecule has 0 amide bonds. The average molecular weight is 787 g/mol. The van der Waals surface area contributed by atoms with Crippen LogP contribution in [0.5, 0.6) is 6.01 Å². The van der Waals surface area contributed by atoms with E-state index in [4.69, 9.17) is 9.39 Å². The molecule has 2 heterocycles. The van der Waals surface area contributed by atoms with Crippen molar-refractivity contribution < 1.29 is 40.7 Å². The molecule has 18 nitrogen and oxygen atoms in total. The molecule has 7 N–H and O–H groups in total. The highest BCUT2D eigenvalue weighted by Crippen LogP contribution is 2.43. The fourth-order valence-electron chi connectivity index (χ4n) is 6.13. The van der Waals surface area contributed by atoms with Gasteiger partial charge in [-0.15, -0.1) is 0 Å². The van der Waals surface area contributed by atoms with Crippen LogP contribution in [-0.4, -0.2) is 70.1 Å². The summed E-state index contributed by atoms with van der Waals surface area (Å²) >= 11 is 0. The van der Waals surface area contributed by atoms with E-state index in [9.17, 15) is 36.1 Å². The van der Waals surface area contributed by atoms with Crippen molar-refractivity contribution in [3.8, 4) is 17.1 Å². The van der Waals surface area contributed by atoms with Crippen LogP contribution in [0.1, 0.15) is 21.5 Å². The third kappa shape index (κ3) is 7.19. The monoisotopic (exact) mass is 786 g/mol. The van der Waals surface area contributed by atoms with Crippen LogP contribution >= 0.6 is 0 Å². The molecule has 2 aromatic heterocycles. The number of hydrogen-bond donors (Lipinski definition) is 7. The summed E-state index contributed by atoms with van der Waals surface area (Å²) in [6.07, 6.45) is 0. The van der Waals surface area contributed by atoms with Crippen molar-refractivity contribution in [1.29, 1.82) is 0 Å². The minimum Gasteiger partial charge on any atom is -0.479 e. The number of nitrogens with one attached hydrogen (secondary N) is 4. The van der Waals surface area contributed by atoms with Gasteiger partial charge in [-0.2, -0.15) is 41.6 Å². The molecule has 0 unspecified atom stereocenters. The van der Waals surface area contributed by atoms with Crippen molar-refractivity contribution in [2.45, 2.75) is 16.7 Å². The predicted molar refractivity (Wildman–Crippen MR) is 200 cm³/mol. The average Bonchev–Trinajstić information content (AvgIpc) is 3.12. The summed E-state index contributed by atoms with van der Waals surface area (Å²) < 4.78 is 67.2. The minimum absolute atomic E-state index is 0.0221. The van der Waals surface area contributed by atoms with Crippen LogP contribution in [0.2, 0.25) is 0 Å². The first-order chi connectivity index (χ1) is 26.1. The van der Waals surface area contributed by atoms with Crippen molar-refractivity contribution in [3.05, 3.63) is 106 Å². The lowest BCUT2D eigenvalue weighted by molar-refractivity contribution is 0.104. The third-order valence-corrected chi connectivity index (χ3v) is 10.7. The molecule has 20 heteroatoms. The van der Waals surface area contributed by atoms with E-state index in [1.807, 2.05) is 0 Å². The third-order valence-electron chi connectivity index (χ3n) is 8.54. The number of aryl methyl sites for hydroxylation is 2. The van der Waals surface area contributed by atoms with Gasteiger partial charge in [0.25, 0.3) is 15.7 Å². The Balaban J connectivity index is 1.26. The number of ketones is 1. The normalized spacial score (nSPS) is 12.4. The number of aromatic hydroxyl groups is 1. The van der Waals surface area contributed by atoms with E-state index in [0.29, 0.717) is 33.2 Å². The minimum atomic E-state index is -4.84. The molecule has 0 saturated heterocycles. The molecule has 0 bridgehead atoms. The molecule has 55 heavy (non-hydrogen) atoms. The Bertz CT molecular complexity index is 2850. The number of rotatable bonds is 12. The molecule has 0 aliphatic heterocycles. The predicted octanol–water partition coefficient (Wildman–Crippen LogP) is 3.63. The van der Waals surface area contributed by atoms with Gasteiger partial charge in [-0.25, -0.2) is 0 Å². The van der Waals surface area contributed by atoms with Crippen LogP contribution in [0.15, 0.2) is 93.4 Å². The highest BCUT2D eigenvalue weighted by atomic mass is 32.2. The molecule has 0 saturated carbocycles. The summed E-state index contributed by atoms with van der Waals surface area (Å²) in [4.78, 5) is 38.0. The summed E-state index contributed by atoms with van der Waals surface area (Å²) in [7, 11) is -7.67. The van der Waals surface area contributed by atoms with Crippen molar-refractivity contribution in [2.75, 3.05) is 29.1 Å². The molecular formula is C35H30N8O10S2. The molecule has 1 aliphatic carbocycles. The fourth-order valence-corrected chi connectivity index (χ4v) is 7.70. The smallest absolute Gasteiger partial charge is 0.320 e. The van der Waals surface area contributed by atoms with Crippen molar-refractivity contribution in [3.63, 3.8) is 0 Å². The summed E-state index contributed by atoms with van der Waals surface area (Å²) in [6, 6.07) is 18.5. The topological polar surface area (TPSA) is 264 Å². The Labute approximate surface area is 312 Å². The van der Waals surface area contributed by atoms with Crippen LogP contribution in [0.3, 0.4) is 0 Å². The van der Waals surface area contributed by atoms with Crippen LogP contribution in [0.4, 0.5) is 34.6 Å². The van der Waals surface area contributed by atoms with E-state index in [1.165, 1.54) is 47.0 Å². The number of nitrogens with zero attached hydrogens (tertiary/aromatic N) is 4. The molecule has 0 radical (unpaired) electrons. The molecule has 1 aliphatic rings. The second kappa shape index (κ2) is 14.2. The number of aliphatic hydroxyl groups is 1. The van der Waals surface area contributed by atoms with Crippen LogP contribution in [-0.2, 0) is 31.6 Å². The Kier molecular flexibility index (Phi) is 9.54. The first kappa shape index (κ1) is 37.0. The van der Waals surface area contributed by atoms with Crippen molar-refractivity contribution in [1.82, 2.24) is 25.0 Å². The number of hydrogen-bond acceptors (Lipinski definition) is 16. The molecule has 0 spiro atoms. The number of fused-ring (bicyclic) bond motifs is 2. The van der Waals surface area contributed by atoms with Crippen LogP contribution < -0.4 is 27.0 Å². The maximum Gasteiger partial charge on any atom is 0.320 e. The van der Waals surface area contributed by atoms with Gasteiger partial charge in [0.05, 0.1) is 34.7 Å². The second-order valence-electron chi connectivity index (χ2n) is 12.2. The molecule has 6 aromatic rings. The number of pyridine rings is 1. The SMILES string of the molecule is Cc1ccc(S(=O)(=O)ONCCO)c(Nc2nc(O)nc(Nc3ccc(S(=O)(=O)O)c(Nc4ccc5c6c(cc(=O)n5C)-c5ccccc5C(=O)c46)c3)n2)c1. The lowest BCUT2D eigenvalue weighted by atomic mass is 9.83. The highest BCUT2D eigenvalue weighted by Gasteiger charge is 2.30. The van der Waals surface area contributed by atoms with Gasteiger partial charge in [0.15, 0.2) is 5.78 Å². The van der Waals surface area contributed by atoms with E-state index in [0.717, 1.165) is 6.07 Å². The van der Waals surface area contributed by atoms with Gasteiger partial charge >= 0.3 is 16.1 Å². The van der Waals surface area contributed by atoms with Gasteiger partial charge in [0, 0.05) is 36.3 Å². The number of aliphatic hydroxyl groups excluding tert-OH is 1. The largest absolute Gasteiger partial charge is 0.479 e. The zero-order valence-electron chi connectivity index (χ0n) is 28.7. The molecular weight excluding hydrogens is 757 g/mol. The first-order valence-corrected chi connectivity index (χ1v) is 19.1. The first-order valence-electron chi connectivity index (χ1n) is 16.2. The number of carbonyl (C=O) groups is 1. The van der Waals surface area contributed by atoms with Gasteiger partial charge in [0.1, 0.15) is 9.79 Å². The summed E-state index contributed by atoms with van der Waals surface area (Å²) in [5, 5.41) is 28.4. The van der Waals surface area contributed by atoms with Gasteiger partial charge in [-0.3, -0.25) is 14.1 Å². The molecule has 282 valence electrons. The lowest BCUT2D eigenvalue weighted by Crippen LogP contribution is -2.23. The van der Waals surface area contributed by atoms with Crippen molar-refractivity contribution >= 4 is 71.6 Å². The Hall–Kier alpha value is -6.29. The van der Waals surface area contributed by atoms with Crippen LogP contribution in [0, 0.1) is 6.92 Å². The number of anilines is 6. The zero-order chi connectivity index (χ0) is 39.2. The van der Waals surface area contributed by atoms with E-state index >= 15 is 0 Å². The zero-order valence-corrected chi connectivity index (χ0v) is 30.4. The highest BCUT2D eigenvalue weighted by molar-refractivity contribution is 7.87. The van der Waals surface area contributed by atoms with Gasteiger partial charge in [0.2, 0.25) is 11.9 Å². The van der Waals surface area contributed by atoms with Crippen molar-refractivity contribution in [2.24, 2.45) is 7.05 Å². The lowest BCUT2D eigenvalue weighted by Gasteiger charge is -2.24. The van der Waals surface area contributed by atoms with E-state index in [-0.39, 0.29) is 69.6 Å².